The van der Waals surface area contributed by atoms with Crippen molar-refractivity contribution in [1.82, 2.24) is 9.97 Å². The van der Waals surface area contributed by atoms with Crippen molar-refractivity contribution in [3.05, 3.63) is 53.7 Å². The quantitative estimate of drug-likeness (QED) is 0.468. The van der Waals surface area contributed by atoms with Gasteiger partial charge < -0.3 is 19.7 Å². The summed E-state index contributed by atoms with van der Waals surface area (Å²) in [6.45, 7) is 3.52. The number of carboxylic acids is 1. The number of aromatic nitrogens is 2. The third kappa shape index (κ3) is 6.63. The highest BCUT2D eigenvalue weighted by molar-refractivity contribution is 6.31. The number of rotatable bonds is 9. The molecule has 2 atom stereocenters. The van der Waals surface area contributed by atoms with Crippen molar-refractivity contribution in [1.29, 1.82) is 0 Å². The largest absolute Gasteiger partial charge is 0.479 e. The standard InChI is InChI=1S/C22H22ClN3O5/c1-13(2)25-20(27)10-9-19(22(28)29)30-15-4-6-16(7-5-15)31-21-12-24-18-11-14(23)3-8-17(18)26-21/h3-8,11-12,19-20,27H,9-10H2,1-2H3,(H,28,29)/t19-,20?/m1/s1. The minimum atomic E-state index is -1.11. The Balaban J connectivity index is 1.62. The molecule has 0 aliphatic rings. The Morgan fingerprint density at radius 2 is 1.81 bits per heavy atom. The molecule has 0 aliphatic carbocycles. The van der Waals surface area contributed by atoms with Crippen LogP contribution in [0.5, 0.6) is 17.4 Å². The molecule has 3 rings (SSSR count). The number of aliphatic hydroxyl groups excluding tert-OH is 1. The number of ether oxygens (including phenoxy) is 2. The molecule has 9 heteroatoms. The highest BCUT2D eigenvalue weighted by Crippen LogP contribution is 2.25. The monoisotopic (exact) mass is 443 g/mol. The molecule has 0 saturated carbocycles. The van der Waals surface area contributed by atoms with E-state index in [0.29, 0.717) is 33.4 Å². The lowest BCUT2D eigenvalue weighted by Gasteiger charge is -2.16. The third-order valence-electron chi connectivity index (χ3n) is 4.18. The fourth-order valence-corrected chi connectivity index (χ4v) is 2.95. The number of aliphatic imine (C=N–C) groups is 1. The van der Waals surface area contributed by atoms with Gasteiger partial charge >= 0.3 is 5.97 Å². The average molecular weight is 444 g/mol. The van der Waals surface area contributed by atoms with Gasteiger partial charge in [-0.1, -0.05) is 11.6 Å². The fourth-order valence-electron chi connectivity index (χ4n) is 2.78. The molecule has 31 heavy (non-hydrogen) atoms. The Hall–Kier alpha value is -3.23. The van der Waals surface area contributed by atoms with Crippen molar-refractivity contribution in [2.45, 2.75) is 39.0 Å². The van der Waals surface area contributed by atoms with Gasteiger partial charge in [0.05, 0.1) is 17.2 Å². The predicted molar refractivity (Wildman–Crippen MR) is 117 cm³/mol. The Kier molecular flexibility index (Phi) is 7.38. The first-order valence-electron chi connectivity index (χ1n) is 9.59. The number of fused-ring (bicyclic) bond motifs is 1. The van der Waals surface area contributed by atoms with Crippen molar-refractivity contribution in [2.75, 3.05) is 0 Å². The molecule has 0 radical (unpaired) electrons. The van der Waals surface area contributed by atoms with E-state index in [0.717, 1.165) is 5.71 Å². The summed E-state index contributed by atoms with van der Waals surface area (Å²) in [6.07, 6.45) is -0.274. The number of carboxylic acid groups (broad SMARTS) is 1. The van der Waals surface area contributed by atoms with Gasteiger partial charge in [0.15, 0.2) is 6.10 Å². The molecule has 0 aliphatic heterocycles. The predicted octanol–water partition coefficient (Wildman–Crippen LogP) is 4.49. The molecular weight excluding hydrogens is 422 g/mol. The number of hydrogen-bond acceptors (Lipinski definition) is 7. The van der Waals surface area contributed by atoms with Crippen LogP contribution in [0.3, 0.4) is 0 Å². The molecule has 0 amide bonds. The van der Waals surface area contributed by atoms with Crippen LogP contribution in [0.2, 0.25) is 5.02 Å². The van der Waals surface area contributed by atoms with Crippen LogP contribution in [-0.4, -0.2) is 44.2 Å². The van der Waals surface area contributed by atoms with Gasteiger partial charge in [-0.25, -0.2) is 14.8 Å². The second-order valence-electron chi connectivity index (χ2n) is 6.99. The Labute approximate surface area is 184 Å². The van der Waals surface area contributed by atoms with Crippen molar-refractivity contribution >= 4 is 34.3 Å². The summed E-state index contributed by atoms with van der Waals surface area (Å²) in [7, 11) is 0. The minimum absolute atomic E-state index is 0.113. The lowest BCUT2D eigenvalue weighted by Crippen LogP contribution is -2.28. The van der Waals surface area contributed by atoms with Gasteiger partial charge in [0.25, 0.3) is 0 Å². The van der Waals surface area contributed by atoms with Gasteiger partial charge in [-0.05, 0) is 69.2 Å². The first-order chi connectivity index (χ1) is 14.8. The molecule has 3 aromatic rings. The van der Waals surface area contributed by atoms with Crippen LogP contribution in [0, 0.1) is 0 Å². The zero-order valence-electron chi connectivity index (χ0n) is 17.0. The smallest absolute Gasteiger partial charge is 0.344 e. The van der Waals surface area contributed by atoms with Gasteiger partial charge in [0.2, 0.25) is 5.88 Å². The molecule has 0 saturated heterocycles. The Morgan fingerprint density at radius 1 is 1.10 bits per heavy atom. The molecular formula is C22H22ClN3O5. The molecule has 0 spiro atoms. The molecule has 0 bridgehead atoms. The summed E-state index contributed by atoms with van der Waals surface area (Å²) in [5.41, 5.74) is 2.03. The van der Waals surface area contributed by atoms with Gasteiger partial charge in [-0.3, -0.25) is 4.99 Å². The van der Waals surface area contributed by atoms with E-state index in [2.05, 4.69) is 15.0 Å². The summed E-state index contributed by atoms with van der Waals surface area (Å²) < 4.78 is 11.3. The summed E-state index contributed by atoms with van der Waals surface area (Å²) in [4.78, 5) is 24.1. The third-order valence-corrected chi connectivity index (χ3v) is 4.41. The number of aliphatic carboxylic acids is 1. The topological polar surface area (TPSA) is 114 Å². The number of benzene rings is 2. The Morgan fingerprint density at radius 3 is 2.48 bits per heavy atom. The number of hydrogen-bond donors (Lipinski definition) is 2. The van der Waals surface area contributed by atoms with Gasteiger partial charge in [0.1, 0.15) is 17.7 Å². The Bertz CT molecular complexity index is 1080. The molecule has 162 valence electrons. The highest BCUT2D eigenvalue weighted by Gasteiger charge is 2.21. The molecule has 1 unspecified atom stereocenters. The van der Waals surface area contributed by atoms with E-state index in [1.54, 1.807) is 56.3 Å². The normalized spacial score (nSPS) is 12.8. The molecule has 8 nitrogen and oxygen atoms in total. The number of carbonyl (C=O) groups is 1. The number of nitrogens with zero attached hydrogens (tertiary/aromatic N) is 3. The molecule has 1 heterocycles. The number of aliphatic hydroxyl groups is 1. The first kappa shape index (κ1) is 22.5. The van der Waals surface area contributed by atoms with Crippen LogP contribution >= 0.6 is 11.6 Å². The first-order valence-corrected chi connectivity index (χ1v) is 9.97. The van der Waals surface area contributed by atoms with E-state index in [1.165, 1.54) is 6.20 Å². The van der Waals surface area contributed by atoms with Gasteiger partial charge in [0, 0.05) is 10.7 Å². The maximum atomic E-state index is 11.5. The van der Waals surface area contributed by atoms with Crippen LogP contribution in [0.25, 0.3) is 11.0 Å². The zero-order valence-corrected chi connectivity index (χ0v) is 17.8. The molecule has 2 aromatic carbocycles. The second-order valence-corrected chi connectivity index (χ2v) is 7.43. The van der Waals surface area contributed by atoms with Gasteiger partial charge in [-0.15, -0.1) is 0 Å². The summed E-state index contributed by atoms with van der Waals surface area (Å²) >= 11 is 5.95. The van der Waals surface area contributed by atoms with Crippen LogP contribution < -0.4 is 9.47 Å². The average Bonchev–Trinajstić information content (AvgIpc) is 2.71. The van der Waals surface area contributed by atoms with E-state index >= 15 is 0 Å². The van der Waals surface area contributed by atoms with Crippen LogP contribution in [0.15, 0.2) is 53.7 Å². The van der Waals surface area contributed by atoms with Crippen molar-refractivity contribution < 1.29 is 24.5 Å². The number of halogens is 1. The zero-order chi connectivity index (χ0) is 22.4. The second kappa shape index (κ2) is 10.2. The van der Waals surface area contributed by atoms with Crippen molar-refractivity contribution in [3.8, 4) is 17.4 Å². The maximum Gasteiger partial charge on any atom is 0.344 e. The van der Waals surface area contributed by atoms with Crippen LogP contribution in [0.1, 0.15) is 26.7 Å². The van der Waals surface area contributed by atoms with Gasteiger partial charge in [-0.2, -0.15) is 0 Å². The fraction of sp³-hybridized carbons (Fsp3) is 0.273. The molecule has 0 fully saturated rings. The lowest BCUT2D eigenvalue weighted by molar-refractivity contribution is -0.145. The van der Waals surface area contributed by atoms with Crippen LogP contribution in [-0.2, 0) is 4.79 Å². The summed E-state index contributed by atoms with van der Waals surface area (Å²) in [5.74, 6) is 0.0533. The molecule has 1 aromatic heterocycles. The molecule has 2 N–H and O–H groups in total. The summed E-state index contributed by atoms with van der Waals surface area (Å²) in [5, 5.41) is 19.8. The highest BCUT2D eigenvalue weighted by atomic mass is 35.5. The maximum absolute atomic E-state index is 11.5. The minimum Gasteiger partial charge on any atom is -0.479 e. The van der Waals surface area contributed by atoms with Crippen LogP contribution in [0.4, 0.5) is 0 Å². The lowest BCUT2D eigenvalue weighted by atomic mass is 10.2. The van der Waals surface area contributed by atoms with Crippen molar-refractivity contribution in [2.24, 2.45) is 4.99 Å². The van der Waals surface area contributed by atoms with E-state index < -0.39 is 18.3 Å². The SMILES string of the molecule is CC(C)=NC(O)CC[C@@H](Oc1ccc(Oc2cnc3cc(Cl)ccc3n2)cc1)C(=O)O. The van der Waals surface area contributed by atoms with E-state index in [-0.39, 0.29) is 12.8 Å². The summed E-state index contributed by atoms with van der Waals surface area (Å²) in [6, 6.07) is 11.7. The van der Waals surface area contributed by atoms with E-state index in [1.807, 2.05) is 0 Å². The van der Waals surface area contributed by atoms with Crippen molar-refractivity contribution in [3.63, 3.8) is 0 Å². The van der Waals surface area contributed by atoms with E-state index in [9.17, 15) is 15.0 Å². The van der Waals surface area contributed by atoms with E-state index in [4.69, 9.17) is 21.1 Å².